The lowest BCUT2D eigenvalue weighted by Crippen LogP contribution is -2.14. The van der Waals surface area contributed by atoms with Crippen LogP contribution in [-0.4, -0.2) is 33.4 Å². The quantitative estimate of drug-likeness (QED) is 0.412. The summed E-state index contributed by atoms with van der Waals surface area (Å²) in [5.41, 5.74) is 2.41. The fourth-order valence-electron chi connectivity index (χ4n) is 3.50. The predicted octanol–water partition coefficient (Wildman–Crippen LogP) is 5.20. The Kier molecular flexibility index (Phi) is 5.54. The van der Waals surface area contributed by atoms with Crippen molar-refractivity contribution in [2.45, 2.75) is 43.9 Å². The molecule has 2 aromatic carbocycles. The summed E-state index contributed by atoms with van der Waals surface area (Å²) in [6.07, 6.45) is 3.21. The van der Waals surface area contributed by atoms with E-state index in [1.54, 1.807) is 12.4 Å². The second-order valence-electron chi connectivity index (χ2n) is 8.11. The van der Waals surface area contributed by atoms with Crippen LogP contribution in [0.4, 0.5) is 8.78 Å². The number of nitrogens with zero attached hydrogens (tertiary/aromatic N) is 4. The maximum Gasteiger partial charge on any atom is 0.183 e. The Morgan fingerprint density at radius 3 is 2.31 bits per heavy atom. The number of halogens is 2. The number of sulfone groups is 1. The fourth-order valence-corrected chi connectivity index (χ4v) is 4.57. The van der Waals surface area contributed by atoms with Crippen molar-refractivity contribution in [3.05, 3.63) is 60.6 Å². The van der Waals surface area contributed by atoms with Gasteiger partial charge in [0, 0.05) is 22.7 Å². The van der Waals surface area contributed by atoms with Gasteiger partial charge in [-0.15, -0.1) is 5.10 Å². The molecule has 32 heavy (non-hydrogen) atoms. The molecule has 0 saturated heterocycles. The Morgan fingerprint density at radius 1 is 0.906 bits per heavy atom. The van der Waals surface area contributed by atoms with Crippen LogP contribution in [-0.2, 0) is 9.84 Å². The van der Waals surface area contributed by atoms with Crippen LogP contribution in [0.2, 0.25) is 0 Å². The van der Waals surface area contributed by atoms with Gasteiger partial charge in [0.05, 0.1) is 22.7 Å². The molecule has 2 aromatic heterocycles. The molecule has 0 aliphatic carbocycles. The van der Waals surface area contributed by atoms with Crippen molar-refractivity contribution in [1.82, 2.24) is 19.7 Å². The molecule has 4 rings (SSSR count). The molecular weight excluding hydrogens is 434 g/mol. The minimum Gasteiger partial charge on any atom is -0.311 e. The van der Waals surface area contributed by atoms with Crippen molar-refractivity contribution < 1.29 is 17.2 Å². The minimum absolute atomic E-state index is 0.0155. The van der Waals surface area contributed by atoms with Gasteiger partial charge in [-0.05, 0) is 57.5 Å². The SMILES string of the molecule is CC(C)n1cnc2c(-c3ccc(F)c(-c4ccc(S(=O)(=O)C(C)C)cc4F)c3)cnnc21. The lowest BCUT2D eigenvalue weighted by atomic mass is 9.98. The molecule has 0 radical (unpaired) electrons. The third-order valence-corrected chi connectivity index (χ3v) is 7.53. The summed E-state index contributed by atoms with van der Waals surface area (Å²) < 4.78 is 56.2. The van der Waals surface area contributed by atoms with Crippen molar-refractivity contribution in [1.29, 1.82) is 0 Å². The van der Waals surface area contributed by atoms with E-state index in [0.717, 1.165) is 6.07 Å². The number of hydrogen-bond acceptors (Lipinski definition) is 5. The smallest absolute Gasteiger partial charge is 0.183 e. The highest BCUT2D eigenvalue weighted by Gasteiger charge is 2.22. The average Bonchev–Trinajstić information content (AvgIpc) is 3.19. The van der Waals surface area contributed by atoms with E-state index in [-0.39, 0.29) is 22.1 Å². The first-order valence-electron chi connectivity index (χ1n) is 10.1. The van der Waals surface area contributed by atoms with Crippen molar-refractivity contribution in [3.63, 3.8) is 0 Å². The third kappa shape index (κ3) is 3.66. The van der Waals surface area contributed by atoms with Gasteiger partial charge >= 0.3 is 0 Å². The van der Waals surface area contributed by atoms with Crippen molar-refractivity contribution >= 4 is 21.0 Å². The molecule has 166 valence electrons. The maximum atomic E-state index is 14.9. The van der Waals surface area contributed by atoms with E-state index in [0.29, 0.717) is 22.3 Å². The van der Waals surface area contributed by atoms with E-state index in [1.807, 2.05) is 18.4 Å². The van der Waals surface area contributed by atoms with E-state index >= 15 is 0 Å². The zero-order chi connectivity index (χ0) is 23.2. The summed E-state index contributed by atoms with van der Waals surface area (Å²) in [7, 11) is -3.65. The van der Waals surface area contributed by atoms with E-state index in [4.69, 9.17) is 0 Å². The lowest BCUT2D eigenvalue weighted by molar-refractivity contribution is 0.583. The third-order valence-electron chi connectivity index (χ3n) is 5.38. The average molecular weight is 457 g/mol. The Balaban J connectivity index is 1.84. The molecule has 0 saturated carbocycles. The summed E-state index contributed by atoms with van der Waals surface area (Å²) in [5.74, 6) is -1.44. The Morgan fingerprint density at radius 2 is 1.66 bits per heavy atom. The van der Waals surface area contributed by atoms with Gasteiger partial charge in [0.15, 0.2) is 15.5 Å². The van der Waals surface area contributed by atoms with Gasteiger partial charge in [0.25, 0.3) is 0 Å². The minimum atomic E-state index is -3.65. The summed E-state index contributed by atoms with van der Waals surface area (Å²) in [6.45, 7) is 7.04. The molecule has 0 aliphatic rings. The lowest BCUT2D eigenvalue weighted by Gasteiger charge is -2.12. The van der Waals surface area contributed by atoms with Gasteiger partial charge < -0.3 is 4.57 Å². The monoisotopic (exact) mass is 456 g/mol. The van der Waals surface area contributed by atoms with E-state index in [1.165, 1.54) is 44.3 Å². The molecule has 0 spiro atoms. The van der Waals surface area contributed by atoms with Crippen LogP contribution in [0.5, 0.6) is 0 Å². The predicted molar refractivity (Wildman–Crippen MR) is 119 cm³/mol. The summed E-state index contributed by atoms with van der Waals surface area (Å²) in [6, 6.07) is 7.98. The van der Waals surface area contributed by atoms with Gasteiger partial charge in [-0.25, -0.2) is 22.2 Å². The molecule has 0 atom stereocenters. The summed E-state index contributed by atoms with van der Waals surface area (Å²) in [4.78, 5) is 4.31. The molecule has 0 fully saturated rings. The molecule has 9 heteroatoms. The van der Waals surface area contributed by atoms with Crippen LogP contribution in [0, 0.1) is 11.6 Å². The normalized spacial score (nSPS) is 12.2. The Labute approximate surface area is 184 Å². The van der Waals surface area contributed by atoms with E-state index in [9.17, 15) is 17.2 Å². The topological polar surface area (TPSA) is 77.7 Å². The number of rotatable bonds is 5. The summed E-state index contributed by atoms with van der Waals surface area (Å²) in [5, 5.41) is 7.53. The number of fused-ring (bicyclic) bond motifs is 1. The van der Waals surface area contributed by atoms with Crippen LogP contribution in [0.1, 0.15) is 33.7 Å². The highest BCUT2D eigenvalue weighted by molar-refractivity contribution is 7.92. The van der Waals surface area contributed by atoms with E-state index < -0.39 is 26.7 Å². The standard InChI is InChI=1S/C23H22F2N4O2S/c1-13(2)29-12-26-22-19(11-27-28-23(22)29)15-5-8-20(24)18(9-15)17-7-6-16(10-21(17)25)32(30,31)14(3)4/h5-14H,1-4H3. The molecule has 0 aliphatic heterocycles. The first-order chi connectivity index (χ1) is 15.1. The van der Waals surface area contributed by atoms with Gasteiger partial charge in [0.1, 0.15) is 17.2 Å². The molecule has 6 nitrogen and oxygen atoms in total. The molecule has 4 aromatic rings. The highest BCUT2D eigenvalue weighted by Crippen LogP contribution is 2.34. The Bertz CT molecular complexity index is 1430. The first kappa shape index (κ1) is 22.0. The van der Waals surface area contributed by atoms with Crippen LogP contribution in [0.3, 0.4) is 0 Å². The number of aromatic nitrogens is 4. The molecule has 0 amide bonds. The van der Waals surface area contributed by atoms with Gasteiger partial charge in [-0.3, -0.25) is 0 Å². The summed E-state index contributed by atoms with van der Waals surface area (Å²) >= 11 is 0. The largest absolute Gasteiger partial charge is 0.311 e. The number of hydrogen-bond donors (Lipinski definition) is 0. The zero-order valence-corrected chi connectivity index (χ0v) is 18.9. The maximum absolute atomic E-state index is 14.9. The van der Waals surface area contributed by atoms with E-state index in [2.05, 4.69) is 15.2 Å². The second kappa shape index (κ2) is 8.05. The molecular formula is C23H22F2N4O2S. The second-order valence-corrected chi connectivity index (χ2v) is 10.6. The molecule has 0 unspecified atom stereocenters. The van der Waals surface area contributed by atoms with Crippen LogP contribution in [0.15, 0.2) is 53.8 Å². The van der Waals surface area contributed by atoms with Crippen molar-refractivity contribution in [2.24, 2.45) is 0 Å². The van der Waals surface area contributed by atoms with Gasteiger partial charge in [0.2, 0.25) is 0 Å². The number of benzene rings is 2. The zero-order valence-electron chi connectivity index (χ0n) is 18.0. The number of imidazole rings is 1. The van der Waals surface area contributed by atoms with Gasteiger partial charge in [-0.2, -0.15) is 5.10 Å². The first-order valence-corrected chi connectivity index (χ1v) is 11.7. The van der Waals surface area contributed by atoms with Crippen molar-refractivity contribution in [2.75, 3.05) is 0 Å². The fraction of sp³-hybridized carbons (Fsp3) is 0.261. The van der Waals surface area contributed by atoms with Crippen LogP contribution in [0.25, 0.3) is 33.4 Å². The van der Waals surface area contributed by atoms with Crippen molar-refractivity contribution in [3.8, 4) is 22.3 Å². The molecule has 0 bridgehead atoms. The van der Waals surface area contributed by atoms with Crippen LogP contribution < -0.4 is 0 Å². The van der Waals surface area contributed by atoms with Crippen LogP contribution >= 0.6 is 0 Å². The highest BCUT2D eigenvalue weighted by atomic mass is 32.2. The molecule has 0 N–H and O–H groups in total. The molecule has 2 heterocycles. The Hall–Kier alpha value is -3.20. The van der Waals surface area contributed by atoms with Gasteiger partial charge in [-0.1, -0.05) is 12.1 Å².